The molecule has 0 bridgehead atoms. The number of esters is 1. The van der Waals surface area contributed by atoms with Gasteiger partial charge in [0.1, 0.15) is 6.04 Å². The highest BCUT2D eigenvalue weighted by Crippen LogP contribution is 2.37. The lowest BCUT2D eigenvalue weighted by Gasteiger charge is -2.24. The molecule has 0 aromatic carbocycles. The zero-order valence-corrected chi connectivity index (χ0v) is 9.63. The molecule has 1 unspecified atom stereocenters. The van der Waals surface area contributed by atoms with E-state index >= 15 is 0 Å². The van der Waals surface area contributed by atoms with Crippen LogP contribution in [0.15, 0.2) is 0 Å². The number of hydrogen-bond donors (Lipinski definition) is 1. The molecule has 0 aromatic heterocycles. The van der Waals surface area contributed by atoms with E-state index in [0.29, 0.717) is 0 Å². The Bertz CT molecular complexity index is 257. The van der Waals surface area contributed by atoms with Crippen LogP contribution in [0.4, 0.5) is 0 Å². The Morgan fingerprint density at radius 2 is 1.87 bits per heavy atom. The molecule has 0 heterocycles. The van der Waals surface area contributed by atoms with Crippen molar-refractivity contribution in [1.82, 2.24) is 5.32 Å². The van der Waals surface area contributed by atoms with Gasteiger partial charge in [0.25, 0.3) is 0 Å². The van der Waals surface area contributed by atoms with Crippen molar-refractivity contribution in [3.8, 4) is 0 Å². The first-order chi connectivity index (χ1) is 6.99. The molecule has 4 nitrogen and oxygen atoms in total. The van der Waals surface area contributed by atoms with Gasteiger partial charge in [0.15, 0.2) is 0 Å². The molecule has 1 atom stereocenters. The third kappa shape index (κ3) is 2.70. The summed E-state index contributed by atoms with van der Waals surface area (Å²) in [4.78, 5) is 23.0. The molecule has 1 saturated carbocycles. The summed E-state index contributed by atoms with van der Waals surface area (Å²) in [6, 6.07) is -0.556. The Balaban J connectivity index is 2.51. The molecule has 1 amide bonds. The van der Waals surface area contributed by atoms with Crippen LogP contribution < -0.4 is 5.32 Å². The van der Waals surface area contributed by atoms with Gasteiger partial charge in [-0.05, 0) is 19.8 Å². The van der Waals surface area contributed by atoms with Crippen LogP contribution in [0.2, 0.25) is 0 Å². The largest absolute Gasteiger partial charge is 0.467 e. The first-order valence-corrected chi connectivity index (χ1v) is 5.38. The number of ether oxygens (including phenoxy) is 1. The highest BCUT2D eigenvalue weighted by Gasteiger charge is 2.37. The van der Waals surface area contributed by atoms with Crippen molar-refractivity contribution in [1.29, 1.82) is 0 Å². The van der Waals surface area contributed by atoms with Crippen LogP contribution in [0.25, 0.3) is 0 Å². The van der Waals surface area contributed by atoms with E-state index in [1.165, 1.54) is 7.11 Å². The van der Waals surface area contributed by atoms with Gasteiger partial charge in [-0.3, -0.25) is 4.79 Å². The van der Waals surface area contributed by atoms with E-state index < -0.39 is 12.0 Å². The van der Waals surface area contributed by atoms with E-state index in [1.54, 1.807) is 6.92 Å². The van der Waals surface area contributed by atoms with Crippen molar-refractivity contribution in [3.63, 3.8) is 0 Å². The van der Waals surface area contributed by atoms with E-state index in [1.807, 2.05) is 6.92 Å². The van der Waals surface area contributed by atoms with E-state index in [4.69, 9.17) is 0 Å². The summed E-state index contributed by atoms with van der Waals surface area (Å²) in [6.07, 6.45) is 4.01. The number of carbonyl (C=O) groups excluding carboxylic acids is 2. The fourth-order valence-corrected chi connectivity index (χ4v) is 1.99. The average molecular weight is 213 g/mol. The molecule has 0 aromatic rings. The minimum absolute atomic E-state index is 0.0297. The average Bonchev–Trinajstić information content (AvgIpc) is 2.65. The minimum Gasteiger partial charge on any atom is -0.467 e. The zero-order chi connectivity index (χ0) is 11.5. The maximum absolute atomic E-state index is 11.9. The number of amides is 1. The molecule has 4 heteroatoms. The van der Waals surface area contributed by atoms with Crippen molar-refractivity contribution in [2.45, 2.75) is 45.6 Å². The van der Waals surface area contributed by atoms with Crippen LogP contribution >= 0.6 is 0 Å². The smallest absolute Gasteiger partial charge is 0.328 e. The quantitative estimate of drug-likeness (QED) is 0.718. The highest BCUT2D eigenvalue weighted by atomic mass is 16.5. The first-order valence-electron chi connectivity index (χ1n) is 5.38. The molecule has 1 fully saturated rings. The second kappa shape index (κ2) is 4.64. The Hall–Kier alpha value is -1.06. The molecule has 1 aliphatic rings. The van der Waals surface area contributed by atoms with Crippen molar-refractivity contribution < 1.29 is 14.3 Å². The molecule has 1 aliphatic carbocycles. The van der Waals surface area contributed by atoms with Crippen molar-refractivity contribution in [2.24, 2.45) is 5.41 Å². The van der Waals surface area contributed by atoms with Crippen molar-refractivity contribution in [2.75, 3.05) is 7.11 Å². The summed E-state index contributed by atoms with van der Waals surface area (Å²) >= 11 is 0. The van der Waals surface area contributed by atoms with Gasteiger partial charge in [-0.1, -0.05) is 19.8 Å². The molecule has 1 rings (SSSR count). The van der Waals surface area contributed by atoms with Gasteiger partial charge in [0.2, 0.25) is 5.91 Å². The zero-order valence-electron chi connectivity index (χ0n) is 9.63. The molecular formula is C11H19NO3. The van der Waals surface area contributed by atoms with Crippen molar-refractivity contribution in [3.05, 3.63) is 0 Å². The molecule has 86 valence electrons. The van der Waals surface area contributed by atoms with Gasteiger partial charge in [0, 0.05) is 5.41 Å². The predicted octanol–water partition coefficient (Wildman–Crippen LogP) is 1.24. The van der Waals surface area contributed by atoms with Crippen LogP contribution in [-0.4, -0.2) is 25.0 Å². The maximum atomic E-state index is 11.9. The minimum atomic E-state index is -0.556. The summed E-state index contributed by atoms with van der Waals surface area (Å²) in [6.45, 7) is 3.60. The summed E-state index contributed by atoms with van der Waals surface area (Å²) in [5.74, 6) is -0.428. The van der Waals surface area contributed by atoms with Gasteiger partial charge >= 0.3 is 5.97 Å². The molecule has 15 heavy (non-hydrogen) atoms. The predicted molar refractivity (Wildman–Crippen MR) is 56.2 cm³/mol. The van der Waals surface area contributed by atoms with Crippen LogP contribution in [0.3, 0.4) is 0 Å². The van der Waals surface area contributed by atoms with Crippen LogP contribution in [-0.2, 0) is 14.3 Å². The second-order valence-corrected chi connectivity index (χ2v) is 4.49. The normalized spacial score (nSPS) is 20.7. The molecule has 1 N–H and O–H groups in total. The summed E-state index contributed by atoms with van der Waals surface area (Å²) in [7, 11) is 1.32. The van der Waals surface area contributed by atoms with Crippen molar-refractivity contribution >= 4 is 11.9 Å². The van der Waals surface area contributed by atoms with E-state index in [2.05, 4.69) is 10.1 Å². The van der Waals surface area contributed by atoms with E-state index in [-0.39, 0.29) is 11.3 Å². The lowest BCUT2D eigenvalue weighted by atomic mass is 9.87. The Labute approximate surface area is 90.4 Å². The fourth-order valence-electron chi connectivity index (χ4n) is 1.99. The van der Waals surface area contributed by atoms with E-state index in [9.17, 15) is 9.59 Å². The molecule has 0 aliphatic heterocycles. The highest BCUT2D eigenvalue weighted by molar-refractivity contribution is 5.87. The number of hydrogen-bond acceptors (Lipinski definition) is 3. The first kappa shape index (κ1) is 12.0. The molecule has 0 spiro atoms. The maximum Gasteiger partial charge on any atom is 0.328 e. The van der Waals surface area contributed by atoms with Crippen LogP contribution in [0, 0.1) is 5.41 Å². The molecule has 0 radical (unpaired) electrons. The monoisotopic (exact) mass is 213 g/mol. The second-order valence-electron chi connectivity index (χ2n) is 4.49. The molecular weight excluding hydrogens is 194 g/mol. The number of rotatable bonds is 3. The number of carbonyl (C=O) groups is 2. The van der Waals surface area contributed by atoms with Gasteiger partial charge in [-0.2, -0.15) is 0 Å². The summed E-state index contributed by atoms with van der Waals surface area (Å²) in [5.41, 5.74) is -0.289. The Morgan fingerprint density at radius 3 is 2.33 bits per heavy atom. The van der Waals surface area contributed by atoms with Gasteiger partial charge in [-0.25, -0.2) is 4.79 Å². The SMILES string of the molecule is COC(=O)C(C)NC(=O)C1(C)CCCC1. The topological polar surface area (TPSA) is 55.4 Å². The van der Waals surface area contributed by atoms with E-state index in [0.717, 1.165) is 25.7 Å². The van der Waals surface area contributed by atoms with Crippen LogP contribution in [0.5, 0.6) is 0 Å². The fraction of sp³-hybridized carbons (Fsp3) is 0.818. The summed E-state index contributed by atoms with van der Waals surface area (Å²) in [5, 5.41) is 2.70. The lowest BCUT2D eigenvalue weighted by Crippen LogP contribution is -2.45. The standard InChI is InChI=1S/C11H19NO3/c1-8(9(13)15-3)12-10(14)11(2)6-4-5-7-11/h8H,4-7H2,1-3H3,(H,12,14). The van der Waals surface area contributed by atoms with Gasteiger partial charge in [-0.15, -0.1) is 0 Å². The third-order valence-electron chi connectivity index (χ3n) is 3.16. The third-order valence-corrected chi connectivity index (χ3v) is 3.16. The summed E-state index contributed by atoms with van der Waals surface area (Å²) < 4.78 is 4.55. The lowest BCUT2D eigenvalue weighted by molar-refractivity contribution is -0.145. The molecule has 0 saturated heterocycles. The van der Waals surface area contributed by atoms with Gasteiger partial charge < -0.3 is 10.1 Å². The number of methoxy groups -OCH3 is 1. The van der Waals surface area contributed by atoms with Gasteiger partial charge in [0.05, 0.1) is 7.11 Å². The Kier molecular flexibility index (Phi) is 3.72. The Morgan fingerprint density at radius 1 is 1.33 bits per heavy atom. The number of nitrogens with one attached hydrogen (secondary N) is 1. The van der Waals surface area contributed by atoms with Crippen LogP contribution in [0.1, 0.15) is 39.5 Å².